The van der Waals surface area contributed by atoms with Crippen LogP contribution in [0.4, 0.5) is 5.69 Å². The summed E-state index contributed by atoms with van der Waals surface area (Å²) in [7, 11) is 4.38. The molecule has 4 rings (SSSR count). The first-order valence-corrected chi connectivity index (χ1v) is 14.2. The molecule has 1 aliphatic rings. The fourth-order valence-electron chi connectivity index (χ4n) is 4.94. The van der Waals surface area contributed by atoms with Crippen LogP contribution in [0.25, 0.3) is 0 Å². The maximum absolute atomic E-state index is 11.7. The van der Waals surface area contributed by atoms with Gasteiger partial charge in [-0.25, -0.2) is 0 Å². The molecule has 206 valence electrons. The summed E-state index contributed by atoms with van der Waals surface area (Å²) in [5.74, 6) is -1.48. The molecule has 1 unspecified atom stereocenters. The Kier molecular flexibility index (Phi) is 11.2. The molecule has 3 aromatic rings. The highest BCUT2D eigenvalue weighted by Crippen LogP contribution is 2.42. The zero-order valence-electron chi connectivity index (χ0n) is 22.7. The zero-order chi connectivity index (χ0) is 28.3. The Balaban J connectivity index is 0.000000239. The van der Waals surface area contributed by atoms with Crippen LogP contribution in [0.3, 0.4) is 0 Å². The van der Waals surface area contributed by atoms with Gasteiger partial charge in [-0.15, -0.1) is 11.3 Å². The molecule has 1 atom stereocenters. The lowest BCUT2D eigenvalue weighted by Crippen LogP contribution is -2.46. The van der Waals surface area contributed by atoms with Crippen LogP contribution in [-0.4, -0.2) is 42.0 Å². The van der Waals surface area contributed by atoms with Crippen molar-refractivity contribution in [1.82, 2.24) is 4.90 Å². The minimum absolute atomic E-state index is 0.0206. The van der Waals surface area contributed by atoms with E-state index in [1.54, 1.807) is 12.1 Å². The molecule has 8 heteroatoms. The number of hydrogen-bond acceptors (Lipinski definition) is 6. The maximum atomic E-state index is 11.7. The Morgan fingerprint density at radius 2 is 1.69 bits per heavy atom. The van der Waals surface area contributed by atoms with Gasteiger partial charge in [0.05, 0.1) is 17.5 Å². The van der Waals surface area contributed by atoms with Crippen LogP contribution in [0, 0.1) is 11.3 Å². The van der Waals surface area contributed by atoms with Crippen LogP contribution >= 0.6 is 11.3 Å². The largest absolute Gasteiger partial charge is 0.481 e. The lowest BCUT2D eigenvalue weighted by molar-refractivity contribution is -0.137. The molecule has 0 radical (unpaired) electrons. The normalized spacial score (nSPS) is 19.3. The van der Waals surface area contributed by atoms with Crippen molar-refractivity contribution < 1.29 is 14.7 Å². The standard InChI is InChI=1S/C19H18N2O3.C12H20N2S/c20-13-17(14-5-2-1-3-6-14)15-9-11-16(12-10-15)21-18(22)7-4-8-19(23)24;1-14(2)12(11-4-3-9-15-11)7-5-10(13)6-8-12/h1-3,5-6,9-12,17H,4,7-8H2,(H,21,22)(H,23,24);3-4,9-10H,5-8,13H2,1-2H3. The van der Waals surface area contributed by atoms with Crippen LogP contribution in [0.2, 0.25) is 0 Å². The average molecular weight is 547 g/mol. The summed E-state index contributed by atoms with van der Waals surface area (Å²) in [4.78, 5) is 26.0. The molecule has 39 heavy (non-hydrogen) atoms. The number of hydrogen-bond donors (Lipinski definition) is 3. The average Bonchev–Trinajstić information content (AvgIpc) is 3.47. The highest BCUT2D eigenvalue weighted by molar-refractivity contribution is 7.10. The number of carbonyl (C=O) groups is 2. The lowest BCUT2D eigenvalue weighted by Gasteiger charge is -2.44. The van der Waals surface area contributed by atoms with E-state index in [1.165, 1.54) is 17.7 Å². The van der Waals surface area contributed by atoms with E-state index >= 15 is 0 Å². The van der Waals surface area contributed by atoms with E-state index in [9.17, 15) is 14.9 Å². The van der Waals surface area contributed by atoms with Gasteiger partial charge in [-0.3, -0.25) is 14.5 Å². The summed E-state index contributed by atoms with van der Waals surface area (Å²) in [5.41, 5.74) is 8.65. The molecule has 1 aromatic heterocycles. The minimum atomic E-state index is -0.907. The van der Waals surface area contributed by atoms with Gasteiger partial charge in [0, 0.05) is 29.4 Å². The second-order valence-electron chi connectivity index (χ2n) is 10.1. The monoisotopic (exact) mass is 546 g/mol. The highest BCUT2D eigenvalue weighted by Gasteiger charge is 2.38. The van der Waals surface area contributed by atoms with Crippen molar-refractivity contribution in [1.29, 1.82) is 5.26 Å². The number of carboxylic acid groups (broad SMARTS) is 1. The molecule has 1 aliphatic carbocycles. The van der Waals surface area contributed by atoms with E-state index in [0.717, 1.165) is 24.0 Å². The topological polar surface area (TPSA) is 119 Å². The summed E-state index contributed by atoms with van der Waals surface area (Å²) in [6.07, 6.45) is 5.14. The number of carboxylic acids is 1. The summed E-state index contributed by atoms with van der Waals surface area (Å²) in [6, 6.07) is 23.8. The summed E-state index contributed by atoms with van der Waals surface area (Å²) < 4.78 is 0. The van der Waals surface area contributed by atoms with Gasteiger partial charge in [0.2, 0.25) is 5.91 Å². The fraction of sp³-hybridized carbons (Fsp3) is 0.387. The molecule has 7 nitrogen and oxygen atoms in total. The Labute approximate surface area is 235 Å². The van der Waals surface area contributed by atoms with E-state index in [1.807, 2.05) is 53.8 Å². The van der Waals surface area contributed by atoms with Crippen molar-refractivity contribution in [2.45, 2.75) is 62.4 Å². The SMILES string of the molecule is CN(C)C1(c2cccs2)CCC(N)CC1.N#CC(c1ccccc1)c1ccc(NC(=O)CCCC(=O)O)cc1. The molecule has 0 saturated heterocycles. The van der Waals surface area contributed by atoms with Crippen LogP contribution in [0.1, 0.15) is 66.9 Å². The second kappa shape index (κ2) is 14.6. The van der Waals surface area contributed by atoms with E-state index in [2.05, 4.69) is 47.9 Å². The molecule has 0 spiro atoms. The number of carbonyl (C=O) groups excluding carboxylic acids is 1. The first-order chi connectivity index (χ1) is 18.7. The number of aliphatic carboxylic acids is 1. The van der Waals surface area contributed by atoms with Crippen LogP contribution < -0.4 is 11.1 Å². The number of nitriles is 1. The third-order valence-corrected chi connectivity index (χ3v) is 8.34. The van der Waals surface area contributed by atoms with E-state index in [0.29, 0.717) is 18.2 Å². The van der Waals surface area contributed by atoms with Crippen molar-refractivity contribution in [2.24, 2.45) is 5.73 Å². The summed E-state index contributed by atoms with van der Waals surface area (Å²) in [5, 5.41) is 22.9. The van der Waals surface area contributed by atoms with Gasteiger partial charge in [-0.1, -0.05) is 48.5 Å². The van der Waals surface area contributed by atoms with Crippen molar-refractivity contribution in [3.8, 4) is 6.07 Å². The van der Waals surface area contributed by atoms with E-state index in [-0.39, 0.29) is 30.2 Å². The number of benzene rings is 2. The Morgan fingerprint density at radius 3 is 2.23 bits per heavy atom. The summed E-state index contributed by atoms with van der Waals surface area (Å²) >= 11 is 1.88. The van der Waals surface area contributed by atoms with Gasteiger partial charge < -0.3 is 16.2 Å². The van der Waals surface area contributed by atoms with Gasteiger partial charge in [-0.05, 0) is 80.9 Å². The molecule has 0 aliphatic heterocycles. The molecular formula is C31H38N4O3S. The molecule has 0 bridgehead atoms. The number of rotatable bonds is 9. The number of anilines is 1. The Hall–Kier alpha value is -3.51. The van der Waals surface area contributed by atoms with Gasteiger partial charge in [0.1, 0.15) is 0 Å². The molecule has 1 fully saturated rings. The highest BCUT2D eigenvalue weighted by atomic mass is 32.1. The second-order valence-corrected chi connectivity index (χ2v) is 11.1. The van der Waals surface area contributed by atoms with Crippen molar-refractivity contribution in [3.05, 3.63) is 88.1 Å². The number of amides is 1. The predicted octanol–water partition coefficient (Wildman–Crippen LogP) is 5.94. The quantitative estimate of drug-likeness (QED) is 0.305. The number of thiophene rings is 1. The predicted molar refractivity (Wildman–Crippen MR) is 157 cm³/mol. The zero-order valence-corrected chi connectivity index (χ0v) is 23.5. The first-order valence-electron chi connectivity index (χ1n) is 13.3. The first kappa shape index (κ1) is 30.0. The van der Waals surface area contributed by atoms with Crippen LogP contribution in [0.15, 0.2) is 72.1 Å². The van der Waals surface area contributed by atoms with Crippen LogP contribution in [-0.2, 0) is 15.1 Å². The van der Waals surface area contributed by atoms with E-state index in [4.69, 9.17) is 10.8 Å². The van der Waals surface area contributed by atoms with Crippen LogP contribution in [0.5, 0.6) is 0 Å². The molecule has 4 N–H and O–H groups in total. The van der Waals surface area contributed by atoms with Gasteiger partial charge in [0.25, 0.3) is 0 Å². The smallest absolute Gasteiger partial charge is 0.303 e. The van der Waals surface area contributed by atoms with Gasteiger partial charge >= 0.3 is 5.97 Å². The molecular weight excluding hydrogens is 508 g/mol. The molecule has 1 heterocycles. The van der Waals surface area contributed by atoms with Gasteiger partial charge in [0.15, 0.2) is 0 Å². The fourth-order valence-corrected chi connectivity index (χ4v) is 6.01. The number of nitrogens with zero attached hydrogens (tertiary/aromatic N) is 2. The van der Waals surface area contributed by atoms with Crippen molar-refractivity contribution in [3.63, 3.8) is 0 Å². The van der Waals surface area contributed by atoms with E-state index < -0.39 is 5.97 Å². The lowest BCUT2D eigenvalue weighted by atomic mass is 9.78. The third-order valence-electron chi connectivity index (χ3n) is 7.28. The molecule has 2 aromatic carbocycles. The Bertz CT molecular complexity index is 1210. The Morgan fingerprint density at radius 1 is 1.05 bits per heavy atom. The number of nitrogens with two attached hydrogens (primary N) is 1. The van der Waals surface area contributed by atoms with Crippen molar-refractivity contribution in [2.75, 3.05) is 19.4 Å². The maximum Gasteiger partial charge on any atom is 0.303 e. The third kappa shape index (κ3) is 8.49. The molecule has 1 saturated carbocycles. The van der Waals surface area contributed by atoms with Gasteiger partial charge in [-0.2, -0.15) is 5.26 Å². The number of nitrogens with one attached hydrogen (secondary N) is 1. The molecule has 1 amide bonds. The summed E-state index contributed by atoms with van der Waals surface area (Å²) in [6.45, 7) is 0. The van der Waals surface area contributed by atoms with Crippen molar-refractivity contribution >= 4 is 28.9 Å². The minimum Gasteiger partial charge on any atom is -0.481 e.